The summed E-state index contributed by atoms with van der Waals surface area (Å²) in [6.07, 6.45) is 5.56. The molecule has 2 aromatic carbocycles. The number of hydrogen-bond donors (Lipinski definition) is 1. The third-order valence-electron chi connectivity index (χ3n) is 4.95. The number of fused-ring (bicyclic) bond motifs is 1. The second-order valence-electron chi connectivity index (χ2n) is 6.94. The molecular weight excluding hydrogens is 350 g/mol. The van der Waals surface area contributed by atoms with Gasteiger partial charge in [-0.05, 0) is 30.7 Å². The Bertz CT molecular complexity index is 917. The Morgan fingerprint density at radius 2 is 1.86 bits per heavy atom. The van der Waals surface area contributed by atoms with Gasteiger partial charge in [-0.2, -0.15) is 0 Å². The zero-order valence-electron chi connectivity index (χ0n) is 16.8. The van der Waals surface area contributed by atoms with E-state index in [2.05, 4.69) is 35.0 Å². The van der Waals surface area contributed by atoms with Crippen molar-refractivity contribution in [1.82, 2.24) is 14.9 Å². The first-order valence-corrected chi connectivity index (χ1v) is 10.1. The van der Waals surface area contributed by atoms with Crippen molar-refractivity contribution in [3.63, 3.8) is 0 Å². The highest BCUT2D eigenvalue weighted by Crippen LogP contribution is 2.19. The number of methoxy groups -OCH3 is 1. The minimum atomic E-state index is -0.122. The molecule has 5 nitrogen and oxygen atoms in total. The Kier molecular flexibility index (Phi) is 7.06. The van der Waals surface area contributed by atoms with Crippen LogP contribution in [0.15, 0.2) is 48.5 Å². The highest BCUT2D eigenvalue weighted by atomic mass is 16.5. The molecule has 3 rings (SSSR count). The predicted octanol–water partition coefficient (Wildman–Crippen LogP) is 4.60. The fraction of sp³-hybridized carbons (Fsp3) is 0.391. The first-order valence-electron chi connectivity index (χ1n) is 10.1. The average Bonchev–Trinajstić information content (AvgIpc) is 3.08. The molecule has 0 aliphatic heterocycles. The first-order chi connectivity index (χ1) is 13.7. The predicted molar refractivity (Wildman–Crippen MR) is 113 cm³/mol. The monoisotopic (exact) mass is 379 g/mol. The number of carbonyl (C=O) groups is 1. The lowest BCUT2D eigenvalue weighted by atomic mass is 10.2. The van der Waals surface area contributed by atoms with Crippen LogP contribution >= 0.6 is 0 Å². The van der Waals surface area contributed by atoms with Crippen molar-refractivity contribution < 1.29 is 9.53 Å². The van der Waals surface area contributed by atoms with E-state index in [1.165, 1.54) is 24.8 Å². The van der Waals surface area contributed by atoms with Crippen LogP contribution in [0.4, 0.5) is 0 Å². The van der Waals surface area contributed by atoms with Gasteiger partial charge in [0.1, 0.15) is 11.6 Å². The summed E-state index contributed by atoms with van der Waals surface area (Å²) in [4.78, 5) is 17.3. The molecule has 0 aliphatic rings. The number of rotatable bonds is 10. The van der Waals surface area contributed by atoms with Gasteiger partial charge in [0, 0.05) is 19.5 Å². The number of unbranched alkanes of at least 4 members (excludes halogenated alkanes) is 3. The standard InChI is InChI=1S/C23H29N3O2/c1-3-4-5-10-17-26-20-13-8-7-12-19(20)25-22(26)15-16-24-23(27)18-11-6-9-14-21(18)28-2/h6-9,11-14H,3-5,10,15-17H2,1-2H3,(H,24,27). The number of amides is 1. The van der Waals surface area contributed by atoms with Crippen molar-refractivity contribution in [3.05, 3.63) is 59.9 Å². The van der Waals surface area contributed by atoms with Gasteiger partial charge in [-0.1, -0.05) is 50.5 Å². The number of hydrogen-bond acceptors (Lipinski definition) is 3. The summed E-state index contributed by atoms with van der Waals surface area (Å²) in [5, 5.41) is 3.00. The molecule has 28 heavy (non-hydrogen) atoms. The lowest BCUT2D eigenvalue weighted by Gasteiger charge is -2.11. The molecule has 148 valence electrons. The minimum Gasteiger partial charge on any atom is -0.496 e. The molecule has 0 unspecified atom stereocenters. The normalized spacial score (nSPS) is 10.9. The molecule has 5 heteroatoms. The van der Waals surface area contributed by atoms with Crippen LogP contribution in [0.1, 0.15) is 48.8 Å². The molecule has 0 bridgehead atoms. The van der Waals surface area contributed by atoms with Crippen LogP contribution in [0.25, 0.3) is 11.0 Å². The number of imidazole rings is 1. The van der Waals surface area contributed by atoms with E-state index in [1.54, 1.807) is 19.2 Å². The SMILES string of the molecule is CCCCCCn1c(CCNC(=O)c2ccccc2OC)nc2ccccc21. The van der Waals surface area contributed by atoms with Gasteiger partial charge in [-0.15, -0.1) is 0 Å². The molecule has 0 atom stereocenters. The number of ether oxygens (including phenoxy) is 1. The van der Waals surface area contributed by atoms with Gasteiger partial charge >= 0.3 is 0 Å². The molecule has 0 saturated heterocycles. The highest BCUT2D eigenvalue weighted by molar-refractivity contribution is 5.96. The van der Waals surface area contributed by atoms with E-state index in [1.807, 2.05) is 18.2 Å². The Hall–Kier alpha value is -2.82. The zero-order chi connectivity index (χ0) is 19.8. The average molecular weight is 380 g/mol. The maximum atomic E-state index is 12.5. The van der Waals surface area contributed by atoms with Gasteiger partial charge in [-0.3, -0.25) is 4.79 Å². The molecule has 0 radical (unpaired) electrons. The van der Waals surface area contributed by atoms with Crippen molar-refractivity contribution in [3.8, 4) is 5.75 Å². The van der Waals surface area contributed by atoms with Crippen LogP contribution in [0.3, 0.4) is 0 Å². The van der Waals surface area contributed by atoms with Crippen molar-refractivity contribution in [2.75, 3.05) is 13.7 Å². The van der Waals surface area contributed by atoms with Gasteiger partial charge in [-0.25, -0.2) is 4.98 Å². The summed E-state index contributed by atoms with van der Waals surface area (Å²) in [6, 6.07) is 15.5. The zero-order valence-corrected chi connectivity index (χ0v) is 16.8. The molecule has 0 saturated carbocycles. The quantitative estimate of drug-likeness (QED) is 0.524. The smallest absolute Gasteiger partial charge is 0.255 e. The van der Waals surface area contributed by atoms with Crippen LogP contribution in [0.2, 0.25) is 0 Å². The molecule has 1 heterocycles. The lowest BCUT2D eigenvalue weighted by molar-refractivity contribution is 0.0951. The van der Waals surface area contributed by atoms with Crippen LogP contribution in [-0.2, 0) is 13.0 Å². The van der Waals surface area contributed by atoms with Crippen LogP contribution in [-0.4, -0.2) is 29.1 Å². The molecular formula is C23H29N3O2. The van der Waals surface area contributed by atoms with E-state index in [0.29, 0.717) is 24.3 Å². The fourth-order valence-corrected chi connectivity index (χ4v) is 3.48. The number of carbonyl (C=O) groups excluding carboxylic acids is 1. The van der Waals surface area contributed by atoms with Crippen LogP contribution in [0, 0.1) is 0 Å². The van der Waals surface area contributed by atoms with E-state index < -0.39 is 0 Å². The number of para-hydroxylation sites is 3. The molecule has 1 N–H and O–H groups in total. The maximum Gasteiger partial charge on any atom is 0.255 e. The van der Waals surface area contributed by atoms with E-state index >= 15 is 0 Å². The van der Waals surface area contributed by atoms with Crippen LogP contribution in [0.5, 0.6) is 5.75 Å². The second-order valence-corrected chi connectivity index (χ2v) is 6.94. The summed E-state index contributed by atoms with van der Waals surface area (Å²) in [5.41, 5.74) is 2.74. The minimum absolute atomic E-state index is 0.122. The van der Waals surface area contributed by atoms with Crippen molar-refractivity contribution in [2.45, 2.75) is 45.6 Å². The summed E-state index contributed by atoms with van der Waals surface area (Å²) in [5.74, 6) is 1.49. The third-order valence-corrected chi connectivity index (χ3v) is 4.95. The van der Waals surface area contributed by atoms with Crippen molar-refractivity contribution in [1.29, 1.82) is 0 Å². The largest absolute Gasteiger partial charge is 0.496 e. The summed E-state index contributed by atoms with van der Waals surface area (Å²) in [7, 11) is 1.58. The molecule has 3 aromatic rings. The van der Waals surface area contributed by atoms with E-state index in [4.69, 9.17) is 9.72 Å². The number of nitrogens with one attached hydrogen (secondary N) is 1. The Labute approximate surface area is 166 Å². The van der Waals surface area contributed by atoms with E-state index in [-0.39, 0.29) is 5.91 Å². The lowest BCUT2D eigenvalue weighted by Crippen LogP contribution is -2.27. The molecule has 0 aliphatic carbocycles. The summed E-state index contributed by atoms with van der Waals surface area (Å²) in [6.45, 7) is 3.73. The Balaban J connectivity index is 1.67. The van der Waals surface area contributed by atoms with Gasteiger partial charge in [0.25, 0.3) is 5.91 Å². The van der Waals surface area contributed by atoms with Crippen molar-refractivity contribution in [2.24, 2.45) is 0 Å². The first kappa shape index (κ1) is 19.9. The topological polar surface area (TPSA) is 56.2 Å². The number of nitrogens with zero attached hydrogens (tertiary/aromatic N) is 2. The molecule has 0 fully saturated rings. The van der Waals surface area contributed by atoms with E-state index in [9.17, 15) is 4.79 Å². The van der Waals surface area contributed by atoms with Gasteiger partial charge in [0.05, 0.1) is 23.7 Å². The molecule has 0 spiro atoms. The number of aromatic nitrogens is 2. The third kappa shape index (κ3) is 4.71. The number of benzene rings is 2. The number of aryl methyl sites for hydroxylation is 1. The Morgan fingerprint density at radius 1 is 1.07 bits per heavy atom. The molecule has 1 amide bonds. The van der Waals surface area contributed by atoms with Crippen LogP contribution < -0.4 is 10.1 Å². The Morgan fingerprint density at radius 3 is 2.68 bits per heavy atom. The van der Waals surface area contributed by atoms with Crippen molar-refractivity contribution >= 4 is 16.9 Å². The maximum absolute atomic E-state index is 12.5. The van der Waals surface area contributed by atoms with E-state index in [0.717, 1.165) is 24.3 Å². The highest BCUT2D eigenvalue weighted by Gasteiger charge is 2.13. The summed E-state index contributed by atoms with van der Waals surface area (Å²) >= 11 is 0. The second kappa shape index (κ2) is 9.93. The van der Waals surface area contributed by atoms with Gasteiger partial charge in [0.15, 0.2) is 0 Å². The van der Waals surface area contributed by atoms with Gasteiger partial charge in [0.2, 0.25) is 0 Å². The fourth-order valence-electron chi connectivity index (χ4n) is 3.48. The summed E-state index contributed by atoms with van der Waals surface area (Å²) < 4.78 is 7.58. The van der Waals surface area contributed by atoms with Gasteiger partial charge < -0.3 is 14.6 Å². The molecule has 1 aromatic heterocycles.